The number of nitrogen functional groups attached to an aromatic ring is 1. The van der Waals surface area contributed by atoms with Crippen LogP contribution in [0, 0.1) is 18.2 Å². The van der Waals surface area contributed by atoms with Gasteiger partial charge in [0.25, 0.3) is 0 Å². The minimum Gasteiger partial charge on any atom is -0.384 e. The molecule has 110 valence electrons. The normalized spacial score (nSPS) is 10.4. The lowest BCUT2D eigenvalue weighted by Crippen LogP contribution is -2.23. The van der Waals surface area contributed by atoms with E-state index in [1.807, 2.05) is 32.0 Å². The molecule has 0 aliphatic carbocycles. The Labute approximate surface area is 124 Å². The lowest BCUT2D eigenvalue weighted by atomic mass is 10.1. The maximum atomic E-state index is 14.4. The van der Waals surface area contributed by atoms with E-state index in [2.05, 4.69) is 11.0 Å². The highest BCUT2D eigenvalue weighted by Gasteiger charge is 2.13. The van der Waals surface area contributed by atoms with Gasteiger partial charge in [0.2, 0.25) is 0 Å². The lowest BCUT2D eigenvalue weighted by Gasteiger charge is -2.24. The highest BCUT2D eigenvalue weighted by molar-refractivity contribution is 5.95. The number of rotatable bonds is 5. The van der Waals surface area contributed by atoms with E-state index < -0.39 is 5.82 Å². The number of anilines is 1. The van der Waals surface area contributed by atoms with Crippen LogP contribution in [-0.2, 0) is 6.54 Å². The molecule has 0 bridgehead atoms. The third-order valence-corrected chi connectivity index (χ3v) is 3.48. The van der Waals surface area contributed by atoms with Crippen LogP contribution in [-0.4, -0.2) is 12.4 Å². The first kappa shape index (κ1) is 15.0. The molecule has 0 saturated heterocycles. The van der Waals surface area contributed by atoms with Crippen LogP contribution in [0.25, 0.3) is 0 Å². The zero-order valence-electron chi connectivity index (χ0n) is 12.4. The summed E-state index contributed by atoms with van der Waals surface area (Å²) >= 11 is 0. The Bertz CT molecular complexity index is 652. The van der Waals surface area contributed by atoms with E-state index in [-0.39, 0.29) is 11.4 Å². The van der Waals surface area contributed by atoms with E-state index in [1.54, 1.807) is 12.1 Å². The van der Waals surface area contributed by atoms with Crippen molar-refractivity contribution in [3.05, 3.63) is 65.0 Å². The Balaban J connectivity index is 2.31. The average molecular weight is 285 g/mol. The number of nitrogens with two attached hydrogens (primary N) is 1. The maximum absolute atomic E-state index is 14.4. The van der Waals surface area contributed by atoms with Crippen LogP contribution in [0.2, 0.25) is 0 Å². The molecule has 2 rings (SSSR count). The van der Waals surface area contributed by atoms with Gasteiger partial charge >= 0.3 is 0 Å². The molecule has 0 saturated carbocycles. The fourth-order valence-corrected chi connectivity index (χ4v) is 2.33. The van der Waals surface area contributed by atoms with Crippen molar-refractivity contribution < 1.29 is 4.39 Å². The van der Waals surface area contributed by atoms with Gasteiger partial charge in [-0.15, -0.1) is 0 Å². The summed E-state index contributed by atoms with van der Waals surface area (Å²) in [5, 5.41) is 7.42. The Morgan fingerprint density at radius 1 is 1.24 bits per heavy atom. The van der Waals surface area contributed by atoms with Crippen molar-refractivity contribution in [3.8, 4) is 0 Å². The molecular formula is C17H20FN3. The van der Waals surface area contributed by atoms with Crippen LogP contribution in [0.15, 0.2) is 42.5 Å². The summed E-state index contributed by atoms with van der Waals surface area (Å²) in [7, 11) is 0. The summed E-state index contributed by atoms with van der Waals surface area (Å²) in [4.78, 5) is 2.09. The molecule has 0 aromatic heterocycles. The van der Waals surface area contributed by atoms with Crippen molar-refractivity contribution in [2.24, 2.45) is 5.73 Å². The van der Waals surface area contributed by atoms with Crippen LogP contribution < -0.4 is 10.6 Å². The zero-order chi connectivity index (χ0) is 15.4. The number of hydrogen-bond donors (Lipinski definition) is 2. The lowest BCUT2D eigenvalue weighted by molar-refractivity contribution is 0.602. The van der Waals surface area contributed by atoms with E-state index in [0.29, 0.717) is 12.1 Å². The Morgan fingerprint density at radius 3 is 2.57 bits per heavy atom. The van der Waals surface area contributed by atoms with Gasteiger partial charge in [0.15, 0.2) is 0 Å². The predicted molar refractivity (Wildman–Crippen MR) is 85.3 cm³/mol. The van der Waals surface area contributed by atoms with Gasteiger partial charge in [-0.3, -0.25) is 5.41 Å². The predicted octanol–water partition coefficient (Wildman–Crippen LogP) is 3.44. The van der Waals surface area contributed by atoms with Gasteiger partial charge in [-0.25, -0.2) is 4.39 Å². The van der Waals surface area contributed by atoms with E-state index in [0.717, 1.165) is 12.2 Å². The Kier molecular flexibility index (Phi) is 4.58. The minimum absolute atomic E-state index is 0.160. The van der Waals surface area contributed by atoms with Crippen LogP contribution in [0.3, 0.4) is 0 Å². The zero-order valence-corrected chi connectivity index (χ0v) is 12.4. The molecule has 0 aliphatic heterocycles. The molecule has 0 aliphatic rings. The van der Waals surface area contributed by atoms with Gasteiger partial charge in [0, 0.05) is 24.3 Å². The molecule has 2 aromatic rings. The number of benzene rings is 2. The molecular weight excluding hydrogens is 265 g/mol. The SMILES string of the molecule is CCN(Cc1cccc(C(=N)N)c1F)c1cccc(C)c1. The van der Waals surface area contributed by atoms with Gasteiger partial charge in [-0.05, 0) is 37.6 Å². The second-order valence-electron chi connectivity index (χ2n) is 5.05. The second-order valence-corrected chi connectivity index (χ2v) is 5.05. The molecule has 0 unspecified atom stereocenters. The standard InChI is InChI=1S/C17H20FN3/c1-3-21(14-8-4-6-12(2)10-14)11-13-7-5-9-15(16(13)18)17(19)20/h4-10H,3,11H2,1-2H3,(H3,19,20). The number of amidine groups is 1. The molecule has 0 atom stereocenters. The van der Waals surface area contributed by atoms with Crippen molar-refractivity contribution in [1.82, 2.24) is 0 Å². The monoisotopic (exact) mass is 285 g/mol. The van der Waals surface area contributed by atoms with Crippen molar-refractivity contribution in [2.75, 3.05) is 11.4 Å². The first-order valence-corrected chi connectivity index (χ1v) is 6.96. The number of aryl methyl sites for hydroxylation is 1. The summed E-state index contributed by atoms with van der Waals surface area (Å²) in [6.45, 7) is 5.30. The van der Waals surface area contributed by atoms with Crippen LogP contribution in [0.5, 0.6) is 0 Å². The quantitative estimate of drug-likeness (QED) is 0.653. The van der Waals surface area contributed by atoms with Crippen LogP contribution >= 0.6 is 0 Å². The van der Waals surface area contributed by atoms with Crippen molar-refractivity contribution in [1.29, 1.82) is 5.41 Å². The van der Waals surface area contributed by atoms with Crippen LogP contribution in [0.1, 0.15) is 23.6 Å². The number of halogens is 1. The molecule has 4 heteroatoms. The largest absolute Gasteiger partial charge is 0.384 e. The smallest absolute Gasteiger partial charge is 0.139 e. The Morgan fingerprint density at radius 2 is 1.95 bits per heavy atom. The summed E-state index contributed by atoms with van der Waals surface area (Å²) in [6.07, 6.45) is 0. The maximum Gasteiger partial charge on any atom is 0.139 e. The van der Waals surface area contributed by atoms with Gasteiger partial charge in [0.1, 0.15) is 11.7 Å². The van der Waals surface area contributed by atoms with Gasteiger partial charge in [0.05, 0.1) is 5.56 Å². The Hall–Kier alpha value is -2.36. The molecule has 0 radical (unpaired) electrons. The van der Waals surface area contributed by atoms with Crippen molar-refractivity contribution in [2.45, 2.75) is 20.4 Å². The van der Waals surface area contributed by atoms with E-state index in [4.69, 9.17) is 11.1 Å². The molecule has 0 heterocycles. The molecule has 21 heavy (non-hydrogen) atoms. The molecule has 3 nitrogen and oxygen atoms in total. The summed E-state index contributed by atoms with van der Waals surface area (Å²) in [5.74, 6) is -0.649. The van der Waals surface area contributed by atoms with Crippen molar-refractivity contribution in [3.63, 3.8) is 0 Å². The second kappa shape index (κ2) is 6.39. The van der Waals surface area contributed by atoms with Gasteiger partial charge in [-0.1, -0.05) is 24.3 Å². The number of hydrogen-bond acceptors (Lipinski definition) is 2. The third kappa shape index (κ3) is 3.40. The molecule has 0 spiro atoms. The molecule has 0 fully saturated rings. The topological polar surface area (TPSA) is 53.1 Å². The average Bonchev–Trinajstić information content (AvgIpc) is 2.46. The fraction of sp³-hybridized carbons (Fsp3) is 0.235. The first-order chi connectivity index (χ1) is 10.0. The highest BCUT2D eigenvalue weighted by Crippen LogP contribution is 2.21. The minimum atomic E-state index is -0.406. The highest BCUT2D eigenvalue weighted by atomic mass is 19.1. The number of nitrogens with one attached hydrogen (secondary N) is 1. The third-order valence-electron chi connectivity index (χ3n) is 3.48. The summed E-state index contributed by atoms with van der Waals surface area (Å²) in [5.41, 5.74) is 8.35. The number of nitrogens with zero attached hydrogens (tertiary/aromatic N) is 1. The fourth-order valence-electron chi connectivity index (χ4n) is 2.33. The summed E-state index contributed by atoms with van der Waals surface area (Å²) in [6, 6.07) is 13.1. The first-order valence-electron chi connectivity index (χ1n) is 6.96. The molecule has 0 amide bonds. The molecule has 3 N–H and O–H groups in total. The van der Waals surface area contributed by atoms with E-state index >= 15 is 0 Å². The van der Waals surface area contributed by atoms with Crippen LogP contribution in [0.4, 0.5) is 10.1 Å². The molecule has 2 aromatic carbocycles. The van der Waals surface area contributed by atoms with E-state index in [1.165, 1.54) is 11.6 Å². The van der Waals surface area contributed by atoms with Gasteiger partial charge < -0.3 is 10.6 Å². The van der Waals surface area contributed by atoms with Crippen molar-refractivity contribution >= 4 is 11.5 Å². The summed E-state index contributed by atoms with van der Waals surface area (Å²) < 4.78 is 14.4. The van der Waals surface area contributed by atoms with Gasteiger partial charge in [-0.2, -0.15) is 0 Å². The van der Waals surface area contributed by atoms with E-state index in [9.17, 15) is 4.39 Å².